The van der Waals surface area contributed by atoms with Gasteiger partial charge in [-0.25, -0.2) is 22.4 Å². The lowest BCUT2D eigenvalue weighted by Gasteiger charge is -2.36. The van der Waals surface area contributed by atoms with Gasteiger partial charge in [-0.1, -0.05) is 12.1 Å². The van der Waals surface area contributed by atoms with Gasteiger partial charge in [0, 0.05) is 30.6 Å². The second kappa shape index (κ2) is 11.4. The van der Waals surface area contributed by atoms with E-state index in [-0.39, 0.29) is 42.9 Å². The molecule has 0 bridgehead atoms. The zero-order chi connectivity index (χ0) is 30.2. The minimum absolute atomic E-state index is 0.0119. The molecule has 2 aliphatic rings. The van der Waals surface area contributed by atoms with Crippen LogP contribution in [0.4, 0.5) is 28.2 Å². The lowest BCUT2D eigenvalue weighted by molar-refractivity contribution is -0.149. The van der Waals surface area contributed by atoms with Gasteiger partial charge in [0.05, 0.1) is 24.9 Å². The molecule has 0 spiro atoms. The second-order valence-corrected chi connectivity index (χ2v) is 9.85. The molecular formula is C26H24F4N6O6. The summed E-state index contributed by atoms with van der Waals surface area (Å²) in [6, 6.07) is 4.45. The summed E-state index contributed by atoms with van der Waals surface area (Å²) in [6.07, 6.45) is -1.67. The van der Waals surface area contributed by atoms with Crippen molar-refractivity contribution in [2.45, 2.75) is 43.2 Å². The van der Waals surface area contributed by atoms with Crippen LogP contribution in [0.2, 0.25) is 0 Å². The van der Waals surface area contributed by atoms with E-state index in [0.717, 1.165) is 34.0 Å². The zero-order valence-electron chi connectivity index (χ0n) is 21.6. The van der Waals surface area contributed by atoms with Gasteiger partial charge < -0.3 is 25.6 Å². The molecular weight excluding hydrogens is 568 g/mol. The Bertz CT molecular complexity index is 1540. The quantitative estimate of drug-likeness (QED) is 0.240. The van der Waals surface area contributed by atoms with E-state index in [0.29, 0.717) is 0 Å². The summed E-state index contributed by atoms with van der Waals surface area (Å²) < 4.78 is 61.3. The van der Waals surface area contributed by atoms with Gasteiger partial charge in [-0.2, -0.15) is 9.90 Å². The molecule has 42 heavy (non-hydrogen) atoms. The highest BCUT2D eigenvalue weighted by molar-refractivity contribution is 6.16. The van der Waals surface area contributed by atoms with Crippen molar-refractivity contribution in [2.24, 2.45) is 0 Å². The van der Waals surface area contributed by atoms with E-state index in [4.69, 9.17) is 4.74 Å². The molecule has 0 aliphatic carbocycles. The number of hydrogen-bond acceptors (Lipinski definition) is 7. The summed E-state index contributed by atoms with van der Waals surface area (Å²) in [4.78, 5) is 39.4. The summed E-state index contributed by atoms with van der Waals surface area (Å²) in [5.41, 5.74) is -2.84. The fourth-order valence-corrected chi connectivity index (χ4v) is 5.02. The first-order chi connectivity index (χ1) is 20.0. The number of rotatable bonds is 7. The smallest absolute Gasteiger partial charge is 0.404 e. The Morgan fingerprint density at radius 1 is 1.14 bits per heavy atom. The predicted molar refractivity (Wildman–Crippen MR) is 134 cm³/mol. The van der Waals surface area contributed by atoms with Gasteiger partial charge in [0.2, 0.25) is 5.60 Å². The molecule has 2 fully saturated rings. The number of hydrogen-bond donors (Lipinski definition) is 4. The number of aromatic nitrogens is 3. The Balaban J connectivity index is 1.27. The summed E-state index contributed by atoms with van der Waals surface area (Å²) in [5.74, 6) is -5.93. The van der Waals surface area contributed by atoms with E-state index >= 15 is 0 Å². The van der Waals surface area contributed by atoms with E-state index in [1.165, 1.54) is 18.3 Å². The molecule has 4 N–H and O–H groups in total. The first-order valence-corrected chi connectivity index (χ1v) is 12.7. The maximum Gasteiger partial charge on any atom is 0.404 e. The second-order valence-electron chi connectivity index (χ2n) is 9.85. The van der Waals surface area contributed by atoms with E-state index in [1.54, 1.807) is 0 Å². The third-order valence-corrected chi connectivity index (χ3v) is 7.18. The monoisotopic (exact) mass is 592 g/mol. The van der Waals surface area contributed by atoms with Crippen LogP contribution in [0.25, 0.3) is 0 Å². The SMILES string of the molecule is O=C(O)N[C@H]1C[C@@H](n2ncc(N3CCC(O)(C(=O)NCc4cccc(F)c4F)C3=O)n2)CO[C@@H]1c1cc(F)ccc1F. The first kappa shape index (κ1) is 28.9. The molecule has 0 saturated carbocycles. The van der Waals surface area contributed by atoms with Crippen LogP contribution in [0.3, 0.4) is 0 Å². The van der Waals surface area contributed by atoms with Crippen LogP contribution in [0.15, 0.2) is 42.6 Å². The average Bonchev–Trinajstić information content (AvgIpc) is 3.56. The molecule has 2 aromatic carbocycles. The fourth-order valence-electron chi connectivity index (χ4n) is 5.02. The molecule has 3 heterocycles. The van der Waals surface area contributed by atoms with Crippen LogP contribution in [0, 0.1) is 23.3 Å². The Kier molecular flexibility index (Phi) is 7.83. The number of amides is 3. The average molecular weight is 593 g/mol. The Hall–Kier alpha value is -4.57. The van der Waals surface area contributed by atoms with Crippen molar-refractivity contribution in [3.8, 4) is 0 Å². The third kappa shape index (κ3) is 5.49. The lowest BCUT2D eigenvalue weighted by Crippen LogP contribution is -2.52. The molecule has 222 valence electrons. The minimum Gasteiger partial charge on any atom is -0.465 e. The number of nitrogens with one attached hydrogen (secondary N) is 2. The van der Waals surface area contributed by atoms with E-state index in [9.17, 15) is 42.2 Å². The van der Waals surface area contributed by atoms with Crippen LogP contribution < -0.4 is 15.5 Å². The van der Waals surface area contributed by atoms with Crippen LogP contribution in [-0.4, -0.2) is 67.9 Å². The largest absolute Gasteiger partial charge is 0.465 e. The molecule has 0 radical (unpaired) electrons. The van der Waals surface area contributed by atoms with Crippen molar-refractivity contribution >= 4 is 23.7 Å². The van der Waals surface area contributed by atoms with Gasteiger partial charge in [0.1, 0.15) is 17.7 Å². The minimum atomic E-state index is -2.50. The molecule has 1 unspecified atom stereocenters. The molecule has 5 rings (SSSR count). The first-order valence-electron chi connectivity index (χ1n) is 12.7. The number of carbonyl (C=O) groups is 3. The van der Waals surface area contributed by atoms with Gasteiger partial charge in [0.25, 0.3) is 11.8 Å². The Labute approximate surface area is 234 Å². The number of benzene rings is 2. The van der Waals surface area contributed by atoms with Crippen molar-refractivity contribution in [1.82, 2.24) is 25.6 Å². The maximum absolute atomic E-state index is 14.4. The predicted octanol–water partition coefficient (Wildman–Crippen LogP) is 1.96. The van der Waals surface area contributed by atoms with E-state index in [1.807, 2.05) is 0 Å². The van der Waals surface area contributed by atoms with Gasteiger partial charge >= 0.3 is 6.09 Å². The number of nitrogens with zero attached hydrogens (tertiary/aromatic N) is 4. The molecule has 2 aliphatic heterocycles. The molecule has 4 atom stereocenters. The normalized spacial score (nSPS) is 24.1. The highest BCUT2D eigenvalue weighted by atomic mass is 19.2. The molecule has 3 aromatic rings. The molecule has 16 heteroatoms. The fraction of sp³-hybridized carbons (Fsp3) is 0.346. The van der Waals surface area contributed by atoms with Crippen LogP contribution >= 0.6 is 0 Å². The number of anilines is 1. The summed E-state index contributed by atoms with van der Waals surface area (Å²) >= 11 is 0. The topological polar surface area (TPSA) is 159 Å². The third-order valence-electron chi connectivity index (χ3n) is 7.18. The summed E-state index contributed by atoms with van der Waals surface area (Å²) in [6.45, 7) is -0.716. The van der Waals surface area contributed by atoms with Gasteiger partial charge in [-0.15, -0.1) is 5.10 Å². The highest BCUT2D eigenvalue weighted by Crippen LogP contribution is 2.35. The van der Waals surface area contributed by atoms with E-state index in [2.05, 4.69) is 20.8 Å². The molecule has 2 saturated heterocycles. The Morgan fingerprint density at radius 2 is 1.93 bits per heavy atom. The van der Waals surface area contributed by atoms with Gasteiger partial charge in [-0.05, 0) is 30.7 Å². The van der Waals surface area contributed by atoms with Crippen molar-refractivity contribution in [3.63, 3.8) is 0 Å². The van der Waals surface area contributed by atoms with Gasteiger partial charge in [0.15, 0.2) is 17.5 Å². The van der Waals surface area contributed by atoms with Crippen LogP contribution in [-0.2, 0) is 20.9 Å². The highest BCUT2D eigenvalue weighted by Gasteiger charge is 2.52. The molecule has 12 nitrogen and oxygen atoms in total. The number of carboxylic acid groups (broad SMARTS) is 1. The number of halogens is 4. The number of carbonyl (C=O) groups excluding carboxylic acids is 2. The van der Waals surface area contributed by atoms with E-state index < -0.39 is 71.5 Å². The lowest BCUT2D eigenvalue weighted by atomic mass is 9.93. The van der Waals surface area contributed by atoms with Gasteiger partial charge in [-0.3, -0.25) is 14.5 Å². The standard InChI is InChI=1S/C26H24F4N6O6/c27-14-4-5-17(28)16(8-14)22-19(33-25(39)40)9-15(12-42-22)36-32-11-20(34-36)35-7-6-26(41,24(35)38)23(37)31-10-13-2-1-3-18(29)21(13)30/h1-5,8,11,15,19,22,33,41H,6-7,9-10,12H2,(H,31,37)(H,39,40)/t15-,19+,22-,26?/m1/s1. The maximum atomic E-state index is 14.4. The van der Waals surface area contributed by atoms with Crippen molar-refractivity contribution < 1.29 is 46.9 Å². The molecule has 1 aromatic heterocycles. The van der Waals surface area contributed by atoms with Crippen molar-refractivity contribution in [2.75, 3.05) is 18.1 Å². The zero-order valence-corrected chi connectivity index (χ0v) is 21.6. The molecule has 3 amide bonds. The summed E-state index contributed by atoms with van der Waals surface area (Å²) in [5, 5.41) is 33.0. The van der Waals surface area contributed by atoms with Crippen LogP contribution in [0.5, 0.6) is 0 Å². The number of ether oxygens (including phenoxy) is 1. The number of aliphatic hydroxyl groups is 1. The Morgan fingerprint density at radius 3 is 2.69 bits per heavy atom. The van der Waals surface area contributed by atoms with Crippen molar-refractivity contribution in [3.05, 3.63) is 77.0 Å². The summed E-state index contributed by atoms with van der Waals surface area (Å²) in [7, 11) is 0. The van der Waals surface area contributed by atoms with Crippen LogP contribution in [0.1, 0.15) is 36.1 Å². The van der Waals surface area contributed by atoms with Crippen molar-refractivity contribution in [1.29, 1.82) is 0 Å².